The lowest BCUT2D eigenvalue weighted by atomic mass is 9.98. The van der Waals surface area contributed by atoms with Crippen molar-refractivity contribution >= 4 is 0 Å². The lowest BCUT2D eigenvalue weighted by molar-refractivity contribution is 0.678. The molecule has 0 unspecified atom stereocenters. The fourth-order valence-electron chi connectivity index (χ4n) is 4.83. The van der Waals surface area contributed by atoms with E-state index in [1.807, 2.05) is 57.9 Å². The molecule has 0 saturated carbocycles. The first-order chi connectivity index (χ1) is 18.0. The third-order valence-corrected chi connectivity index (χ3v) is 6.67. The molecule has 5 rings (SSSR count). The molecule has 8 nitrogen and oxygen atoms in total. The quantitative estimate of drug-likeness (QED) is 0.316. The summed E-state index contributed by atoms with van der Waals surface area (Å²) in [4.78, 5) is 18.5. The fraction of sp³-hybridized carbons (Fsp3) is 0.276. The van der Waals surface area contributed by atoms with E-state index < -0.39 is 0 Å². The Morgan fingerprint density at radius 1 is 1.00 bits per heavy atom. The van der Waals surface area contributed by atoms with Crippen LogP contribution < -0.4 is 5.69 Å². The highest BCUT2D eigenvalue weighted by Crippen LogP contribution is 2.29. The molecule has 1 N–H and O–H groups in total. The van der Waals surface area contributed by atoms with Gasteiger partial charge < -0.3 is 0 Å². The molecule has 0 aliphatic heterocycles. The molecule has 37 heavy (non-hydrogen) atoms. The molecule has 0 aliphatic carbocycles. The zero-order valence-corrected chi connectivity index (χ0v) is 21.6. The maximum absolute atomic E-state index is 13.7. The number of imidazole rings is 1. The summed E-state index contributed by atoms with van der Waals surface area (Å²) in [5.41, 5.74) is 7.85. The van der Waals surface area contributed by atoms with E-state index in [-0.39, 0.29) is 5.69 Å². The predicted octanol–water partition coefficient (Wildman–Crippen LogP) is 5.31. The van der Waals surface area contributed by atoms with Crippen molar-refractivity contribution in [2.75, 3.05) is 0 Å². The van der Waals surface area contributed by atoms with Crippen LogP contribution in [0.3, 0.4) is 0 Å². The molecule has 0 aliphatic rings. The first-order valence-corrected chi connectivity index (χ1v) is 12.7. The molecule has 8 heteroatoms. The molecule has 0 spiro atoms. The number of H-pyrrole nitrogens is 1. The summed E-state index contributed by atoms with van der Waals surface area (Å²) in [6, 6.07) is 18.2. The SMILES string of the molecule is CCCc1cn(-c2c(C)cccc2C(C)C)c(=O)n1Cc1ccc(-c2ccccc2-c2nn[nH]n2)cn1. The standard InChI is InChI=1S/C29H31N7O/c1-5-9-23-18-36(27-20(4)10-8-13-24(27)19(2)3)29(37)35(23)17-22-15-14-21(16-30-22)25-11-6-7-12-26(25)28-31-33-34-32-28/h6-8,10-16,18-19H,5,9,17H2,1-4H3,(H,31,32,33,34). The first-order valence-electron chi connectivity index (χ1n) is 12.7. The lowest BCUT2D eigenvalue weighted by Gasteiger charge is -2.15. The van der Waals surface area contributed by atoms with E-state index in [4.69, 9.17) is 4.98 Å². The summed E-state index contributed by atoms with van der Waals surface area (Å²) < 4.78 is 3.68. The number of nitrogens with zero attached hydrogens (tertiary/aromatic N) is 6. The number of rotatable bonds is 8. The predicted molar refractivity (Wildman–Crippen MR) is 145 cm³/mol. The van der Waals surface area contributed by atoms with Gasteiger partial charge in [0.05, 0.1) is 17.9 Å². The van der Waals surface area contributed by atoms with E-state index in [0.29, 0.717) is 18.3 Å². The number of para-hydroxylation sites is 1. The molecule has 2 aromatic carbocycles. The Labute approximate surface area is 216 Å². The number of benzene rings is 2. The second kappa shape index (κ2) is 10.3. The largest absolute Gasteiger partial charge is 0.333 e. The summed E-state index contributed by atoms with van der Waals surface area (Å²) in [5.74, 6) is 0.845. The number of tetrazole rings is 1. The van der Waals surface area contributed by atoms with Crippen molar-refractivity contribution in [3.05, 3.63) is 100.0 Å². The van der Waals surface area contributed by atoms with Gasteiger partial charge in [0.2, 0.25) is 5.82 Å². The minimum atomic E-state index is -0.0343. The Bertz CT molecular complexity index is 1560. The fourth-order valence-corrected chi connectivity index (χ4v) is 4.83. The Kier molecular flexibility index (Phi) is 6.81. The summed E-state index contributed by atoms with van der Waals surface area (Å²) in [7, 11) is 0. The average molecular weight is 494 g/mol. The van der Waals surface area contributed by atoms with Crippen LogP contribution in [0.2, 0.25) is 0 Å². The average Bonchev–Trinajstić information content (AvgIpc) is 3.54. The van der Waals surface area contributed by atoms with Crippen LogP contribution in [0.25, 0.3) is 28.2 Å². The van der Waals surface area contributed by atoms with Gasteiger partial charge in [0.25, 0.3) is 0 Å². The molecule has 0 saturated heterocycles. The zero-order chi connectivity index (χ0) is 25.9. The van der Waals surface area contributed by atoms with Crippen LogP contribution in [0.15, 0.2) is 71.8 Å². The molecule has 3 heterocycles. The molecular formula is C29H31N7O. The van der Waals surface area contributed by atoms with Gasteiger partial charge in [-0.25, -0.2) is 4.79 Å². The van der Waals surface area contributed by atoms with Crippen LogP contribution in [-0.4, -0.2) is 34.7 Å². The number of pyridine rings is 1. The number of hydrogen-bond acceptors (Lipinski definition) is 5. The van der Waals surface area contributed by atoms with Crippen LogP contribution in [0.4, 0.5) is 0 Å². The van der Waals surface area contributed by atoms with Gasteiger partial charge in [0.1, 0.15) is 0 Å². The van der Waals surface area contributed by atoms with E-state index in [0.717, 1.165) is 52.2 Å². The van der Waals surface area contributed by atoms with Crippen LogP contribution in [0.5, 0.6) is 0 Å². The summed E-state index contributed by atoms with van der Waals surface area (Å²) in [6.45, 7) is 8.94. The van der Waals surface area contributed by atoms with Gasteiger partial charge in [-0.1, -0.05) is 75.7 Å². The van der Waals surface area contributed by atoms with Crippen molar-refractivity contribution in [2.24, 2.45) is 0 Å². The minimum absolute atomic E-state index is 0.0343. The number of aryl methyl sites for hydroxylation is 2. The highest BCUT2D eigenvalue weighted by molar-refractivity contribution is 5.79. The third kappa shape index (κ3) is 4.74. The highest BCUT2D eigenvalue weighted by Gasteiger charge is 2.18. The van der Waals surface area contributed by atoms with E-state index in [2.05, 4.69) is 66.5 Å². The Morgan fingerprint density at radius 3 is 2.49 bits per heavy atom. The first kappa shape index (κ1) is 24.4. The second-order valence-corrected chi connectivity index (χ2v) is 9.60. The van der Waals surface area contributed by atoms with Gasteiger partial charge in [0.15, 0.2) is 0 Å². The summed E-state index contributed by atoms with van der Waals surface area (Å²) >= 11 is 0. The Hall–Kier alpha value is -4.33. The Balaban J connectivity index is 1.51. The number of hydrogen-bond donors (Lipinski definition) is 1. The van der Waals surface area contributed by atoms with Crippen LogP contribution in [0.1, 0.15) is 55.6 Å². The van der Waals surface area contributed by atoms with Crippen molar-refractivity contribution in [2.45, 2.75) is 53.0 Å². The molecule has 0 amide bonds. The molecule has 0 bridgehead atoms. The maximum atomic E-state index is 13.7. The molecule has 3 aromatic heterocycles. The van der Waals surface area contributed by atoms with Crippen LogP contribution >= 0.6 is 0 Å². The van der Waals surface area contributed by atoms with Gasteiger partial charge in [0, 0.05) is 29.2 Å². The summed E-state index contributed by atoms with van der Waals surface area (Å²) in [6.07, 6.45) is 5.62. The number of aromatic amines is 1. The van der Waals surface area contributed by atoms with Crippen molar-refractivity contribution in [1.82, 2.24) is 34.7 Å². The van der Waals surface area contributed by atoms with Crippen molar-refractivity contribution in [3.8, 4) is 28.2 Å². The monoisotopic (exact) mass is 493 g/mol. The minimum Gasteiger partial charge on any atom is -0.290 e. The molecule has 0 atom stereocenters. The van der Waals surface area contributed by atoms with Crippen LogP contribution in [0, 0.1) is 6.92 Å². The lowest BCUT2D eigenvalue weighted by Crippen LogP contribution is -2.26. The van der Waals surface area contributed by atoms with E-state index in [9.17, 15) is 4.79 Å². The van der Waals surface area contributed by atoms with Gasteiger partial charge in [-0.3, -0.25) is 14.1 Å². The Morgan fingerprint density at radius 2 is 1.81 bits per heavy atom. The molecular weight excluding hydrogens is 462 g/mol. The zero-order valence-electron chi connectivity index (χ0n) is 21.6. The smallest absolute Gasteiger partial charge is 0.290 e. The number of aromatic nitrogens is 7. The molecule has 5 aromatic rings. The van der Waals surface area contributed by atoms with Gasteiger partial charge >= 0.3 is 5.69 Å². The third-order valence-electron chi connectivity index (χ3n) is 6.67. The van der Waals surface area contributed by atoms with Crippen LogP contribution in [-0.2, 0) is 13.0 Å². The van der Waals surface area contributed by atoms with Gasteiger partial charge in [-0.2, -0.15) is 5.21 Å². The van der Waals surface area contributed by atoms with Crippen molar-refractivity contribution < 1.29 is 0 Å². The number of nitrogens with one attached hydrogen (secondary N) is 1. The van der Waals surface area contributed by atoms with Gasteiger partial charge in [-0.05, 0) is 47.2 Å². The molecule has 0 fully saturated rings. The van der Waals surface area contributed by atoms with Crippen molar-refractivity contribution in [1.29, 1.82) is 0 Å². The normalized spacial score (nSPS) is 11.4. The molecule has 188 valence electrons. The second-order valence-electron chi connectivity index (χ2n) is 9.60. The van der Waals surface area contributed by atoms with Gasteiger partial charge in [-0.15, -0.1) is 10.2 Å². The van der Waals surface area contributed by atoms with E-state index in [1.165, 1.54) is 5.56 Å². The highest BCUT2D eigenvalue weighted by atomic mass is 16.1. The topological polar surface area (TPSA) is 94.3 Å². The van der Waals surface area contributed by atoms with Crippen molar-refractivity contribution in [3.63, 3.8) is 0 Å². The van der Waals surface area contributed by atoms with E-state index >= 15 is 0 Å². The maximum Gasteiger partial charge on any atom is 0.333 e. The summed E-state index contributed by atoms with van der Waals surface area (Å²) in [5, 5.41) is 14.4. The molecule has 0 radical (unpaired) electrons. The van der Waals surface area contributed by atoms with E-state index in [1.54, 1.807) is 0 Å².